The van der Waals surface area contributed by atoms with Crippen LogP contribution < -0.4 is 0 Å². The topological polar surface area (TPSA) is 0 Å². The Morgan fingerprint density at radius 2 is 1.75 bits per heavy atom. The van der Waals surface area contributed by atoms with Gasteiger partial charge >= 0.3 is 0 Å². The molecule has 0 aliphatic carbocycles. The Kier molecular flexibility index (Phi) is 4.21. The maximum Gasteiger partial charge on any atom is 0.00212 e. The van der Waals surface area contributed by atoms with Crippen molar-refractivity contribution in [1.29, 1.82) is 0 Å². The summed E-state index contributed by atoms with van der Waals surface area (Å²) in [6.07, 6.45) is 3.81. The molecule has 0 saturated carbocycles. The minimum absolute atomic E-state index is 0.372. The first-order valence-electron chi connectivity index (χ1n) is 6.62. The lowest BCUT2D eigenvalue weighted by Crippen LogP contribution is -2.15. The van der Waals surface area contributed by atoms with Gasteiger partial charge < -0.3 is 0 Å². The second kappa shape index (κ2) is 4.76. The molecule has 96 valence electrons. The summed E-state index contributed by atoms with van der Waals surface area (Å²) in [6.45, 7) is 18.4. The Hall–Kier alpha value is 0.0900. The summed E-state index contributed by atoms with van der Waals surface area (Å²) in [5.41, 5.74) is 1.36. The third-order valence-corrected chi connectivity index (χ3v) is 10.3. The lowest BCUT2D eigenvalue weighted by Gasteiger charge is -2.29. The van der Waals surface area contributed by atoms with E-state index in [0.29, 0.717) is 0 Å². The van der Waals surface area contributed by atoms with Gasteiger partial charge in [-0.3, -0.25) is 0 Å². The van der Waals surface area contributed by atoms with Crippen LogP contribution in [-0.2, 0) is 0 Å². The number of hydrogen-bond acceptors (Lipinski definition) is 0. The number of allylic oxidation sites excluding steroid dienone is 1. The molecular formula is C15H30S. The fourth-order valence-electron chi connectivity index (χ4n) is 3.20. The smallest absolute Gasteiger partial charge is 0.00212 e. The molecular weight excluding hydrogens is 212 g/mol. The second-order valence-electron chi connectivity index (χ2n) is 6.36. The van der Waals surface area contributed by atoms with E-state index >= 15 is 0 Å². The molecule has 1 aliphatic rings. The maximum absolute atomic E-state index is 4.08. The van der Waals surface area contributed by atoms with E-state index in [9.17, 15) is 0 Å². The van der Waals surface area contributed by atoms with Crippen LogP contribution in [-0.4, -0.2) is 22.0 Å². The summed E-state index contributed by atoms with van der Waals surface area (Å²) in [5.74, 6) is 1.72. The molecule has 16 heavy (non-hydrogen) atoms. The summed E-state index contributed by atoms with van der Waals surface area (Å²) < 4.78 is 0. The highest BCUT2D eigenvalue weighted by Gasteiger charge is 2.58. The van der Waals surface area contributed by atoms with Crippen LogP contribution in [0.4, 0.5) is 0 Å². The van der Waals surface area contributed by atoms with Crippen molar-refractivity contribution in [1.82, 2.24) is 0 Å². The quantitative estimate of drug-likeness (QED) is 0.478. The van der Waals surface area contributed by atoms with Gasteiger partial charge in [-0.05, 0) is 41.9 Å². The van der Waals surface area contributed by atoms with Crippen LogP contribution in [0.1, 0.15) is 48.0 Å². The molecule has 0 radical (unpaired) electrons. The fraction of sp³-hybridized carbons (Fsp3) is 0.867. The Balaban J connectivity index is 2.70. The standard InChI is InChI=1S/C15H30S/c1-10(2)9-12(5)16(8)14(7)15(16)13(6)11(3)4/h11-15H,1,9H2,2-8H3. The van der Waals surface area contributed by atoms with Crippen molar-refractivity contribution in [2.45, 2.75) is 63.7 Å². The molecule has 0 amide bonds. The van der Waals surface area contributed by atoms with Crippen molar-refractivity contribution in [3.05, 3.63) is 12.2 Å². The lowest BCUT2D eigenvalue weighted by molar-refractivity contribution is 0.422. The van der Waals surface area contributed by atoms with Crippen molar-refractivity contribution in [2.24, 2.45) is 11.8 Å². The van der Waals surface area contributed by atoms with Crippen LogP contribution in [0.2, 0.25) is 0 Å². The van der Waals surface area contributed by atoms with E-state index < -0.39 is 0 Å². The largest absolute Gasteiger partial charge is 0.233 e. The van der Waals surface area contributed by atoms with E-state index in [2.05, 4.69) is 54.4 Å². The summed E-state index contributed by atoms with van der Waals surface area (Å²) in [4.78, 5) is 0. The molecule has 1 rings (SSSR count). The highest BCUT2D eigenvalue weighted by molar-refractivity contribution is 8.40. The molecule has 0 aromatic rings. The molecule has 5 atom stereocenters. The molecule has 1 aliphatic heterocycles. The first-order valence-corrected chi connectivity index (χ1v) is 8.85. The zero-order valence-electron chi connectivity index (χ0n) is 12.2. The predicted octanol–water partition coefficient (Wildman–Crippen LogP) is 4.84. The molecule has 0 bridgehead atoms. The second-order valence-corrected chi connectivity index (χ2v) is 10.7. The van der Waals surface area contributed by atoms with Crippen LogP contribution >= 0.6 is 10.0 Å². The number of rotatable bonds is 5. The van der Waals surface area contributed by atoms with Gasteiger partial charge in [-0.25, -0.2) is 10.0 Å². The van der Waals surface area contributed by atoms with E-state index in [4.69, 9.17) is 0 Å². The van der Waals surface area contributed by atoms with Crippen molar-refractivity contribution in [3.8, 4) is 0 Å². The number of hydrogen-bond donors (Lipinski definition) is 0. The summed E-state index contributed by atoms with van der Waals surface area (Å²) in [6, 6.07) is 0. The fourth-order valence-corrected chi connectivity index (χ4v) is 8.39. The normalized spacial score (nSPS) is 41.2. The Morgan fingerprint density at radius 1 is 1.25 bits per heavy atom. The van der Waals surface area contributed by atoms with Crippen molar-refractivity contribution < 1.29 is 0 Å². The Labute approximate surface area is 104 Å². The van der Waals surface area contributed by atoms with Gasteiger partial charge in [0.25, 0.3) is 0 Å². The predicted molar refractivity (Wildman–Crippen MR) is 79.7 cm³/mol. The molecule has 1 saturated heterocycles. The van der Waals surface area contributed by atoms with E-state index in [1.807, 2.05) is 0 Å². The van der Waals surface area contributed by atoms with Crippen LogP contribution in [0.5, 0.6) is 0 Å². The minimum Gasteiger partial charge on any atom is -0.233 e. The van der Waals surface area contributed by atoms with Crippen LogP contribution in [0.3, 0.4) is 0 Å². The third-order valence-electron chi connectivity index (χ3n) is 4.85. The van der Waals surface area contributed by atoms with Gasteiger partial charge in [-0.2, -0.15) is 0 Å². The Morgan fingerprint density at radius 3 is 2.12 bits per heavy atom. The van der Waals surface area contributed by atoms with E-state index in [1.165, 1.54) is 12.0 Å². The van der Waals surface area contributed by atoms with Gasteiger partial charge in [0, 0.05) is 5.25 Å². The SMILES string of the molecule is C=C(C)CC(C)S1(C)C(C)C1C(C)C(C)C. The van der Waals surface area contributed by atoms with Gasteiger partial charge in [-0.15, -0.1) is 6.58 Å². The zero-order chi connectivity index (χ0) is 12.7. The highest BCUT2D eigenvalue weighted by Crippen LogP contribution is 2.78. The summed E-state index contributed by atoms with van der Waals surface area (Å²) in [5, 5.41) is 2.84. The van der Waals surface area contributed by atoms with Gasteiger partial charge in [0.15, 0.2) is 0 Å². The molecule has 5 unspecified atom stereocenters. The van der Waals surface area contributed by atoms with E-state index in [0.717, 1.165) is 27.6 Å². The zero-order valence-corrected chi connectivity index (χ0v) is 13.0. The van der Waals surface area contributed by atoms with Crippen LogP contribution in [0.25, 0.3) is 0 Å². The molecule has 1 heteroatoms. The monoisotopic (exact) mass is 242 g/mol. The molecule has 1 fully saturated rings. The summed E-state index contributed by atoms with van der Waals surface area (Å²) in [7, 11) is -0.372. The maximum atomic E-state index is 4.08. The van der Waals surface area contributed by atoms with Gasteiger partial charge in [0.05, 0.1) is 0 Å². The van der Waals surface area contributed by atoms with Crippen LogP contribution in [0, 0.1) is 11.8 Å². The highest BCUT2D eigenvalue weighted by atomic mass is 32.3. The first-order chi connectivity index (χ1) is 7.22. The van der Waals surface area contributed by atoms with Crippen LogP contribution in [0.15, 0.2) is 12.2 Å². The van der Waals surface area contributed by atoms with Gasteiger partial charge in [0.2, 0.25) is 0 Å². The molecule has 0 nitrogen and oxygen atoms in total. The summed E-state index contributed by atoms with van der Waals surface area (Å²) >= 11 is 0. The molecule has 0 aromatic heterocycles. The third kappa shape index (κ3) is 2.34. The molecule has 0 spiro atoms. The molecule has 1 heterocycles. The average molecular weight is 242 g/mol. The lowest BCUT2D eigenvalue weighted by atomic mass is 9.94. The minimum atomic E-state index is -0.372. The van der Waals surface area contributed by atoms with Gasteiger partial charge in [0.1, 0.15) is 0 Å². The van der Waals surface area contributed by atoms with Crippen molar-refractivity contribution in [3.63, 3.8) is 0 Å². The molecule has 0 N–H and O–H groups in total. The average Bonchev–Trinajstić information content (AvgIpc) is 2.68. The Bertz CT molecular complexity index is 269. The molecule has 0 aromatic carbocycles. The van der Waals surface area contributed by atoms with Crippen molar-refractivity contribution >= 4 is 10.0 Å². The van der Waals surface area contributed by atoms with E-state index in [1.54, 1.807) is 0 Å². The van der Waals surface area contributed by atoms with Gasteiger partial charge in [-0.1, -0.05) is 40.2 Å². The van der Waals surface area contributed by atoms with E-state index in [-0.39, 0.29) is 10.0 Å². The van der Waals surface area contributed by atoms with Crippen molar-refractivity contribution in [2.75, 3.05) is 6.26 Å². The first kappa shape index (κ1) is 14.2.